The van der Waals surface area contributed by atoms with Crippen LogP contribution in [0.2, 0.25) is 0 Å². The molecule has 0 spiro atoms. The maximum Gasteiger partial charge on any atom is 0.277 e. The van der Waals surface area contributed by atoms with Gasteiger partial charge >= 0.3 is 0 Å². The van der Waals surface area contributed by atoms with E-state index >= 15 is 0 Å². The molecule has 2 aromatic rings. The van der Waals surface area contributed by atoms with Crippen molar-refractivity contribution in [3.63, 3.8) is 0 Å². The van der Waals surface area contributed by atoms with Crippen LogP contribution in [0.4, 0.5) is 0 Å². The monoisotopic (exact) mass is 440 g/mol. The zero-order valence-corrected chi connectivity index (χ0v) is 15.4. The topological polar surface area (TPSA) is 59.9 Å². The molecule has 0 aliphatic carbocycles. The van der Waals surface area contributed by atoms with Crippen molar-refractivity contribution in [1.29, 1.82) is 0 Å². The fraction of sp³-hybridized carbons (Fsp3) is 0.125. The van der Waals surface area contributed by atoms with Crippen LogP contribution >= 0.6 is 31.9 Å². The van der Waals surface area contributed by atoms with Gasteiger partial charge in [-0.25, -0.2) is 5.43 Å². The standard InChI is InChI=1S/C16H14Br2N2O3/c1-22-15-7-4-13(18)8-11(15)9-19-20-16(21)10-23-14-5-2-12(17)3-6-14/h2-9H,10H2,1H3,(H,20,21). The van der Waals surface area contributed by atoms with E-state index in [-0.39, 0.29) is 12.5 Å². The van der Waals surface area contributed by atoms with Crippen molar-refractivity contribution >= 4 is 44.0 Å². The fourth-order valence-corrected chi connectivity index (χ4v) is 2.34. The third-order valence-corrected chi connectivity index (χ3v) is 3.79. The van der Waals surface area contributed by atoms with E-state index < -0.39 is 0 Å². The quantitative estimate of drug-likeness (QED) is 0.548. The average molecular weight is 442 g/mol. The van der Waals surface area contributed by atoms with Gasteiger partial charge in [0.1, 0.15) is 11.5 Å². The molecule has 7 heteroatoms. The van der Waals surface area contributed by atoms with E-state index in [0.717, 1.165) is 14.5 Å². The minimum absolute atomic E-state index is 0.116. The van der Waals surface area contributed by atoms with Crippen molar-refractivity contribution < 1.29 is 14.3 Å². The molecule has 5 nitrogen and oxygen atoms in total. The van der Waals surface area contributed by atoms with Crippen LogP contribution in [0, 0.1) is 0 Å². The van der Waals surface area contributed by atoms with Gasteiger partial charge in [-0.3, -0.25) is 4.79 Å². The normalized spacial score (nSPS) is 10.6. The third-order valence-electron chi connectivity index (χ3n) is 2.77. The van der Waals surface area contributed by atoms with E-state index in [4.69, 9.17) is 9.47 Å². The molecule has 0 radical (unpaired) electrons. The molecule has 0 saturated carbocycles. The number of hydrazone groups is 1. The molecular formula is C16H14Br2N2O3. The maximum absolute atomic E-state index is 11.7. The summed E-state index contributed by atoms with van der Waals surface area (Å²) in [6.45, 7) is -0.116. The molecule has 0 bridgehead atoms. The average Bonchev–Trinajstić information content (AvgIpc) is 2.54. The lowest BCUT2D eigenvalue weighted by Gasteiger charge is -2.06. The van der Waals surface area contributed by atoms with Crippen molar-refractivity contribution in [1.82, 2.24) is 5.43 Å². The lowest BCUT2D eigenvalue weighted by Crippen LogP contribution is -2.24. The Morgan fingerprint density at radius 1 is 1.17 bits per heavy atom. The zero-order chi connectivity index (χ0) is 16.7. The number of methoxy groups -OCH3 is 1. The molecule has 0 aliphatic rings. The highest BCUT2D eigenvalue weighted by molar-refractivity contribution is 9.10. The maximum atomic E-state index is 11.7. The molecule has 0 atom stereocenters. The second-order valence-corrected chi connectivity index (χ2v) is 6.25. The van der Waals surface area contributed by atoms with Crippen molar-refractivity contribution in [3.05, 3.63) is 57.0 Å². The second-order valence-electron chi connectivity index (χ2n) is 4.42. The summed E-state index contributed by atoms with van der Waals surface area (Å²) in [6.07, 6.45) is 1.52. The van der Waals surface area contributed by atoms with Crippen LogP contribution in [-0.2, 0) is 4.79 Å². The first-order valence-electron chi connectivity index (χ1n) is 6.62. The van der Waals surface area contributed by atoms with Gasteiger partial charge in [-0.2, -0.15) is 5.10 Å². The van der Waals surface area contributed by atoms with Crippen LogP contribution in [0.15, 0.2) is 56.5 Å². The number of carbonyl (C=O) groups excluding carboxylic acids is 1. The van der Waals surface area contributed by atoms with Gasteiger partial charge < -0.3 is 9.47 Å². The Bertz CT molecular complexity index is 703. The van der Waals surface area contributed by atoms with Crippen LogP contribution in [0.1, 0.15) is 5.56 Å². The van der Waals surface area contributed by atoms with E-state index in [1.807, 2.05) is 30.3 Å². The van der Waals surface area contributed by atoms with Crippen LogP contribution in [0.25, 0.3) is 0 Å². The van der Waals surface area contributed by atoms with Gasteiger partial charge in [0.15, 0.2) is 6.61 Å². The van der Waals surface area contributed by atoms with Crippen molar-refractivity contribution in [2.75, 3.05) is 13.7 Å². The highest BCUT2D eigenvalue weighted by Crippen LogP contribution is 2.21. The van der Waals surface area contributed by atoms with Gasteiger partial charge in [0.05, 0.1) is 13.3 Å². The number of carbonyl (C=O) groups is 1. The van der Waals surface area contributed by atoms with Crippen molar-refractivity contribution in [3.8, 4) is 11.5 Å². The highest BCUT2D eigenvalue weighted by atomic mass is 79.9. The molecule has 0 unspecified atom stereocenters. The van der Waals surface area contributed by atoms with E-state index in [0.29, 0.717) is 11.5 Å². The van der Waals surface area contributed by atoms with Gasteiger partial charge in [0, 0.05) is 14.5 Å². The first kappa shape index (κ1) is 17.5. The summed E-state index contributed by atoms with van der Waals surface area (Å²) in [5.74, 6) is 0.927. The van der Waals surface area contributed by atoms with E-state index in [1.165, 1.54) is 6.21 Å². The van der Waals surface area contributed by atoms with Gasteiger partial charge in [0.25, 0.3) is 5.91 Å². The van der Waals surface area contributed by atoms with Crippen LogP contribution in [0.3, 0.4) is 0 Å². The second kappa shape index (κ2) is 8.69. The van der Waals surface area contributed by atoms with Crippen LogP contribution < -0.4 is 14.9 Å². The van der Waals surface area contributed by atoms with E-state index in [2.05, 4.69) is 42.4 Å². The zero-order valence-electron chi connectivity index (χ0n) is 12.3. The van der Waals surface area contributed by atoms with E-state index in [9.17, 15) is 4.79 Å². The number of hydrogen-bond donors (Lipinski definition) is 1. The summed E-state index contributed by atoms with van der Waals surface area (Å²) in [5.41, 5.74) is 3.16. The number of nitrogens with one attached hydrogen (secondary N) is 1. The number of ether oxygens (including phenoxy) is 2. The Balaban J connectivity index is 1.86. The Hall–Kier alpha value is -1.86. The largest absolute Gasteiger partial charge is 0.496 e. The predicted octanol–water partition coefficient (Wildman–Crippen LogP) is 3.75. The van der Waals surface area contributed by atoms with Gasteiger partial charge in [0.2, 0.25) is 0 Å². The molecule has 1 N–H and O–H groups in total. The fourth-order valence-electron chi connectivity index (χ4n) is 1.69. The number of halogens is 2. The third kappa shape index (κ3) is 5.69. The van der Waals surface area contributed by atoms with Crippen molar-refractivity contribution in [2.24, 2.45) is 5.10 Å². The molecule has 0 aliphatic heterocycles. The summed E-state index contributed by atoms with van der Waals surface area (Å²) in [6, 6.07) is 12.7. The van der Waals surface area contributed by atoms with E-state index in [1.54, 1.807) is 19.2 Å². The summed E-state index contributed by atoms with van der Waals surface area (Å²) in [4.78, 5) is 11.7. The molecule has 0 heterocycles. The molecule has 23 heavy (non-hydrogen) atoms. The predicted molar refractivity (Wildman–Crippen MR) is 96.1 cm³/mol. The summed E-state index contributed by atoms with van der Waals surface area (Å²) >= 11 is 6.71. The molecule has 0 aromatic heterocycles. The Morgan fingerprint density at radius 2 is 1.87 bits per heavy atom. The molecule has 0 saturated heterocycles. The number of hydrogen-bond acceptors (Lipinski definition) is 4. The Kier molecular flexibility index (Phi) is 6.61. The smallest absolute Gasteiger partial charge is 0.277 e. The summed E-state index contributed by atoms with van der Waals surface area (Å²) in [7, 11) is 1.57. The van der Waals surface area contributed by atoms with Gasteiger partial charge in [-0.15, -0.1) is 0 Å². The lowest BCUT2D eigenvalue weighted by atomic mass is 10.2. The SMILES string of the molecule is COc1ccc(Br)cc1C=NNC(=O)COc1ccc(Br)cc1. The molecule has 2 aromatic carbocycles. The minimum atomic E-state index is -0.349. The summed E-state index contributed by atoms with van der Waals surface area (Å²) < 4.78 is 12.4. The van der Waals surface area contributed by atoms with Gasteiger partial charge in [-0.05, 0) is 42.5 Å². The first-order valence-corrected chi connectivity index (χ1v) is 8.21. The molecular weight excluding hydrogens is 428 g/mol. The lowest BCUT2D eigenvalue weighted by molar-refractivity contribution is -0.123. The number of rotatable bonds is 6. The number of nitrogens with zero attached hydrogens (tertiary/aromatic N) is 1. The van der Waals surface area contributed by atoms with Crippen LogP contribution in [0.5, 0.6) is 11.5 Å². The van der Waals surface area contributed by atoms with Crippen LogP contribution in [-0.4, -0.2) is 25.8 Å². The Labute approximate surface area is 150 Å². The highest BCUT2D eigenvalue weighted by Gasteiger charge is 2.03. The van der Waals surface area contributed by atoms with Gasteiger partial charge in [-0.1, -0.05) is 31.9 Å². The minimum Gasteiger partial charge on any atom is -0.496 e. The first-order chi connectivity index (χ1) is 11.1. The number of amides is 1. The molecule has 120 valence electrons. The summed E-state index contributed by atoms with van der Waals surface area (Å²) in [5, 5.41) is 3.90. The molecule has 2 rings (SSSR count). The Morgan fingerprint density at radius 3 is 2.57 bits per heavy atom. The van der Waals surface area contributed by atoms with Crippen molar-refractivity contribution in [2.45, 2.75) is 0 Å². The molecule has 1 amide bonds. The molecule has 0 fully saturated rings. The number of benzene rings is 2.